The highest BCUT2D eigenvalue weighted by Gasteiger charge is 2.40. The lowest BCUT2D eigenvalue weighted by Crippen LogP contribution is -2.56. The van der Waals surface area contributed by atoms with E-state index < -0.39 is 0 Å². The first-order chi connectivity index (χ1) is 8.17. The quantitative estimate of drug-likeness (QED) is 0.745. The molecule has 1 aliphatic carbocycles. The average molecular weight is 235 g/mol. The Morgan fingerprint density at radius 2 is 2.12 bits per heavy atom. The molecule has 2 aliphatic rings. The van der Waals surface area contributed by atoms with Crippen molar-refractivity contribution >= 4 is 5.91 Å². The molecule has 1 heterocycles. The highest BCUT2D eigenvalue weighted by Crippen LogP contribution is 2.37. The van der Waals surface area contributed by atoms with Gasteiger partial charge < -0.3 is 10.2 Å². The summed E-state index contributed by atoms with van der Waals surface area (Å²) in [4.78, 5) is 14.4. The zero-order chi connectivity index (χ0) is 12.3. The molecule has 2 fully saturated rings. The first-order valence-corrected chi connectivity index (χ1v) is 6.59. The maximum Gasteiger partial charge on any atom is 0.229 e. The number of carbonyl (C=O) groups is 1. The SMILES string of the molecule is CC1(C(=O)N2CCNCC2C#N)CCCCC1. The van der Waals surface area contributed by atoms with Crippen LogP contribution >= 0.6 is 0 Å². The summed E-state index contributed by atoms with van der Waals surface area (Å²) in [5.74, 6) is 0.199. The Morgan fingerprint density at radius 3 is 2.76 bits per heavy atom. The van der Waals surface area contributed by atoms with Crippen molar-refractivity contribution in [1.82, 2.24) is 10.2 Å². The molecule has 0 spiro atoms. The minimum absolute atomic E-state index is 0.199. The second-order valence-corrected chi connectivity index (χ2v) is 5.47. The van der Waals surface area contributed by atoms with Crippen molar-refractivity contribution in [3.63, 3.8) is 0 Å². The monoisotopic (exact) mass is 235 g/mol. The molecule has 4 nitrogen and oxygen atoms in total. The van der Waals surface area contributed by atoms with Crippen LogP contribution in [0, 0.1) is 16.7 Å². The Bertz CT molecular complexity index is 328. The normalized spacial score (nSPS) is 28.5. The van der Waals surface area contributed by atoms with Crippen molar-refractivity contribution in [3.05, 3.63) is 0 Å². The van der Waals surface area contributed by atoms with E-state index in [2.05, 4.69) is 18.3 Å². The van der Waals surface area contributed by atoms with Gasteiger partial charge in [-0.2, -0.15) is 5.26 Å². The maximum absolute atomic E-state index is 12.6. The van der Waals surface area contributed by atoms with Crippen molar-refractivity contribution in [2.24, 2.45) is 5.41 Å². The zero-order valence-electron chi connectivity index (χ0n) is 10.5. The van der Waals surface area contributed by atoms with Crippen molar-refractivity contribution in [1.29, 1.82) is 5.26 Å². The number of nitrogens with one attached hydrogen (secondary N) is 1. The molecule has 1 amide bonds. The van der Waals surface area contributed by atoms with Crippen LogP contribution in [0.2, 0.25) is 0 Å². The second kappa shape index (κ2) is 5.05. The lowest BCUT2D eigenvalue weighted by Gasteiger charge is -2.40. The Balaban J connectivity index is 2.09. The molecule has 2 rings (SSSR count). The fraction of sp³-hybridized carbons (Fsp3) is 0.846. The minimum Gasteiger partial charge on any atom is -0.324 e. The molecule has 0 aromatic carbocycles. The average Bonchev–Trinajstić information content (AvgIpc) is 2.38. The molecule has 1 aliphatic heterocycles. The first kappa shape index (κ1) is 12.4. The fourth-order valence-corrected chi connectivity index (χ4v) is 2.96. The summed E-state index contributed by atoms with van der Waals surface area (Å²) in [6.07, 6.45) is 5.49. The molecule has 17 heavy (non-hydrogen) atoms. The summed E-state index contributed by atoms with van der Waals surface area (Å²) in [6, 6.07) is 1.95. The molecule has 1 saturated carbocycles. The number of nitriles is 1. The molecule has 4 heteroatoms. The number of hydrogen-bond acceptors (Lipinski definition) is 3. The summed E-state index contributed by atoms with van der Waals surface area (Å²) in [5, 5.41) is 12.3. The van der Waals surface area contributed by atoms with E-state index in [9.17, 15) is 4.79 Å². The summed E-state index contributed by atoms with van der Waals surface area (Å²) in [5.41, 5.74) is -0.218. The van der Waals surface area contributed by atoms with Gasteiger partial charge in [0.05, 0.1) is 6.07 Å². The van der Waals surface area contributed by atoms with E-state index in [1.807, 2.05) is 0 Å². The Labute approximate surface area is 103 Å². The van der Waals surface area contributed by atoms with Gasteiger partial charge in [-0.3, -0.25) is 4.79 Å². The van der Waals surface area contributed by atoms with Crippen LogP contribution in [-0.2, 0) is 4.79 Å². The molecule has 94 valence electrons. The van der Waals surface area contributed by atoms with E-state index in [1.54, 1.807) is 4.90 Å². The maximum atomic E-state index is 12.6. The van der Waals surface area contributed by atoms with Gasteiger partial charge in [0.1, 0.15) is 6.04 Å². The zero-order valence-corrected chi connectivity index (χ0v) is 10.5. The van der Waals surface area contributed by atoms with Gasteiger partial charge in [0.15, 0.2) is 0 Å². The molecular formula is C13H21N3O. The molecule has 0 radical (unpaired) electrons. The Morgan fingerprint density at radius 1 is 1.41 bits per heavy atom. The molecule has 0 bridgehead atoms. The summed E-state index contributed by atoms with van der Waals surface area (Å²) >= 11 is 0. The van der Waals surface area contributed by atoms with Gasteiger partial charge in [0.2, 0.25) is 5.91 Å². The largest absolute Gasteiger partial charge is 0.324 e. The number of carbonyl (C=O) groups excluding carboxylic acids is 1. The van der Waals surface area contributed by atoms with Crippen LogP contribution in [0.5, 0.6) is 0 Å². The van der Waals surface area contributed by atoms with Crippen LogP contribution in [0.1, 0.15) is 39.0 Å². The van der Waals surface area contributed by atoms with Gasteiger partial charge in [0.25, 0.3) is 0 Å². The number of piperazine rings is 1. The summed E-state index contributed by atoms with van der Waals surface area (Å²) < 4.78 is 0. The number of nitrogens with zero attached hydrogens (tertiary/aromatic N) is 2. The van der Waals surface area contributed by atoms with E-state index >= 15 is 0 Å². The summed E-state index contributed by atoms with van der Waals surface area (Å²) in [7, 11) is 0. The molecule has 1 atom stereocenters. The highest BCUT2D eigenvalue weighted by molar-refractivity contribution is 5.83. The van der Waals surface area contributed by atoms with Gasteiger partial charge in [-0.25, -0.2) is 0 Å². The van der Waals surface area contributed by atoms with E-state index in [4.69, 9.17) is 5.26 Å². The van der Waals surface area contributed by atoms with E-state index in [1.165, 1.54) is 6.42 Å². The number of rotatable bonds is 1. The predicted molar refractivity (Wildman–Crippen MR) is 65.2 cm³/mol. The first-order valence-electron chi connectivity index (χ1n) is 6.59. The van der Waals surface area contributed by atoms with E-state index in [-0.39, 0.29) is 17.4 Å². The van der Waals surface area contributed by atoms with Gasteiger partial charge in [0, 0.05) is 25.0 Å². The fourth-order valence-electron chi connectivity index (χ4n) is 2.96. The predicted octanol–water partition coefficient (Wildman–Crippen LogP) is 1.28. The van der Waals surface area contributed by atoms with Crippen LogP contribution < -0.4 is 5.32 Å². The third-order valence-electron chi connectivity index (χ3n) is 4.13. The van der Waals surface area contributed by atoms with Crippen molar-refractivity contribution in [2.75, 3.05) is 19.6 Å². The van der Waals surface area contributed by atoms with Crippen LogP contribution in [0.3, 0.4) is 0 Å². The van der Waals surface area contributed by atoms with Gasteiger partial charge in [-0.05, 0) is 12.8 Å². The third-order valence-corrected chi connectivity index (χ3v) is 4.13. The molecular weight excluding hydrogens is 214 g/mol. The van der Waals surface area contributed by atoms with Crippen LogP contribution in [0.25, 0.3) is 0 Å². The Kier molecular flexibility index (Phi) is 3.68. The highest BCUT2D eigenvalue weighted by atomic mass is 16.2. The van der Waals surface area contributed by atoms with Crippen molar-refractivity contribution in [2.45, 2.75) is 45.1 Å². The molecule has 0 aromatic heterocycles. The second-order valence-electron chi connectivity index (χ2n) is 5.47. The van der Waals surface area contributed by atoms with Gasteiger partial charge >= 0.3 is 0 Å². The van der Waals surface area contributed by atoms with E-state index in [0.717, 1.165) is 32.2 Å². The van der Waals surface area contributed by atoms with Crippen molar-refractivity contribution < 1.29 is 4.79 Å². The molecule has 1 N–H and O–H groups in total. The minimum atomic E-state index is -0.282. The van der Waals surface area contributed by atoms with Crippen molar-refractivity contribution in [3.8, 4) is 6.07 Å². The Hall–Kier alpha value is -1.08. The molecule has 1 unspecified atom stereocenters. The molecule has 1 saturated heterocycles. The smallest absolute Gasteiger partial charge is 0.229 e. The van der Waals surface area contributed by atoms with E-state index in [0.29, 0.717) is 13.1 Å². The lowest BCUT2D eigenvalue weighted by molar-refractivity contribution is -0.145. The molecule has 0 aromatic rings. The van der Waals surface area contributed by atoms with Gasteiger partial charge in [-0.1, -0.05) is 26.2 Å². The third kappa shape index (κ3) is 2.44. The van der Waals surface area contributed by atoms with Crippen LogP contribution in [-0.4, -0.2) is 36.5 Å². The standard InChI is InChI=1S/C13H21N3O/c1-13(5-3-2-4-6-13)12(17)16-8-7-15-10-11(16)9-14/h11,15H,2-8,10H2,1H3. The number of hydrogen-bond donors (Lipinski definition) is 1. The van der Waals surface area contributed by atoms with Crippen LogP contribution in [0.15, 0.2) is 0 Å². The van der Waals surface area contributed by atoms with Gasteiger partial charge in [-0.15, -0.1) is 0 Å². The number of amides is 1. The summed E-state index contributed by atoms with van der Waals surface area (Å²) in [6.45, 7) is 4.16. The lowest BCUT2D eigenvalue weighted by atomic mass is 9.74. The van der Waals surface area contributed by atoms with Crippen LogP contribution in [0.4, 0.5) is 0 Å². The topological polar surface area (TPSA) is 56.1 Å².